The van der Waals surface area contributed by atoms with Gasteiger partial charge in [-0.3, -0.25) is 0 Å². The number of hydrogen-bond donors (Lipinski definition) is 1. The molecule has 80 valence electrons. The van der Waals surface area contributed by atoms with Gasteiger partial charge in [0.15, 0.2) is 6.10 Å². The highest BCUT2D eigenvalue weighted by Gasteiger charge is 2.28. The summed E-state index contributed by atoms with van der Waals surface area (Å²) in [5, 5.41) is 8.84. The fourth-order valence-electron chi connectivity index (χ4n) is 1.42. The van der Waals surface area contributed by atoms with Gasteiger partial charge in [0.05, 0.1) is 13.2 Å². The zero-order valence-corrected chi connectivity index (χ0v) is 8.18. The molecule has 15 heavy (non-hydrogen) atoms. The normalized spacial score (nSPS) is 20.1. The summed E-state index contributed by atoms with van der Waals surface area (Å²) >= 11 is 0. The molecule has 1 aromatic carbocycles. The monoisotopic (exact) mass is 208 g/mol. The number of ether oxygens (including phenoxy) is 2. The fraction of sp³-hybridized carbons (Fsp3) is 0.364. The van der Waals surface area contributed by atoms with Gasteiger partial charge in [0.1, 0.15) is 5.75 Å². The van der Waals surface area contributed by atoms with Gasteiger partial charge in [0.25, 0.3) is 0 Å². The van der Waals surface area contributed by atoms with Crippen LogP contribution in [0.1, 0.15) is 12.0 Å². The van der Waals surface area contributed by atoms with Gasteiger partial charge in [-0.25, -0.2) is 4.79 Å². The highest BCUT2D eigenvalue weighted by molar-refractivity contribution is 5.76. The summed E-state index contributed by atoms with van der Waals surface area (Å²) in [4.78, 5) is 11.1. The Kier molecular flexibility index (Phi) is 2.87. The third kappa shape index (κ3) is 2.27. The van der Waals surface area contributed by atoms with Gasteiger partial charge in [-0.1, -0.05) is 12.1 Å². The van der Waals surface area contributed by atoms with Crippen molar-refractivity contribution in [2.24, 2.45) is 0 Å². The minimum absolute atomic E-state index is 0.00570. The number of cyclic esters (lactones) is 1. The Labute approximate surface area is 87.4 Å². The maximum absolute atomic E-state index is 11.1. The minimum atomic E-state index is -0.482. The number of rotatable bonds is 3. The fourth-order valence-corrected chi connectivity index (χ4v) is 1.42. The third-order valence-corrected chi connectivity index (χ3v) is 2.27. The van der Waals surface area contributed by atoms with Crippen molar-refractivity contribution in [3.8, 4) is 5.75 Å². The van der Waals surface area contributed by atoms with Crippen LogP contribution in [-0.2, 0) is 16.1 Å². The number of aliphatic hydroxyl groups is 1. The summed E-state index contributed by atoms with van der Waals surface area (Å²) in [7, 11) is 0. The Morgan fingerprint density at radius 3 is 2.67 bits per heavy atom. The number of aliphatic hydroxyl groups excluding tert-OH is 1. The lowest BCUT2D eigenvalue weighted by molar-refractivity contribution is -0.143. The first-order valence-electron chi connectivity index (χ1n) is 4.82. The number of carbonyl (C=O) groups excluding carboxylic acids is 1. The van der Waals surface area contributed by atoms with Crippen LogP contribution in [0.15, 0.2) is 24.3 Å². The van der Waals surface area contributed by atoms with E-state index in [0.717, 1.165) is 5.56 Å². The minimum Gasteiger partial charge on any atom is -0.479 e. The number of hydrogen-bond acceptors (Lipinski definition) is 4. The number of carbonyl (C=O) groups is 1. The van der Waals surface area contributed by atoms with Crippen LogP contribution >= 0.6 is 0 Å². The van der Waals surface area contributed by atoms with E-state index in [1.54, 1.807) is 24.3 Å². The van der Waals surface area contributed by atoms with Gasteiger partial charge in [-0.2, -0.15) is 0 Å². The summed E-state index contributed by atoms with van der Waals surface area (Å²) in [6.45, 7) is 0.434. The highest BCUT2D eigenvalue weighted by atomic mass is 16.6. The van der Waals surface area contributed by atoms with Gasteiger partial charge < -0.3 is 14.6 Å². The number of esters is 1. The summed E-state index contributed by atoms with van der Waals surface area (Å²) in [6, 6.07) is 6.99. The molecule has 0 saturated carbocycles. The molecule has 1 saturated heterocycles. The molecule has 1 heterocycles. The van der Waals surface area contributed by atoms with Crippen LogP contribution in [0, 0.1) is 0 Å². The molecule has 1 fully saturated rings. The molecule has 4 nitrogen and oxygen atoms in total. The van der Waals surface area contributed by atoms with Crippen molar-refractivity contribution in [2.45, 2.75) is 19.1 Å². The van der Waals surface area contributed by atoms with E-state index in [-0.39, 0.29) is 12.6 Å². The van der Waals surface area contributed by atoms with E-state index in [1.807, 2.05) is 0 Å². The van der Waals surface area contributed by atoms with E-state index < -0.39 is 6.10 Å². The lowest BCUT2D eigenvalue weighted by atomic mass is 10.2. The van der Waals surface area contributed by atoms with Crippen molar-refractivity contribution in [1.82, 2.24) is 0 Å². The summed E-state index contributed by atoms with van der Waals surface area (Å²) < 4.78 is 10.2. The zero-order valence-electron chi connectivity index (χ0n) is 8.18. The molecule has 1 aliphatic rings. The van der Waals surface area contributed by atoms with Crippen molar-refractivity contribution in [2.75, 3.05) is 6.61 Å². The lowest BCUT2D eigenvalue weighted by Crippen LogP contribution is -2.21. The molecule has 1 N–H and O–H groups in total. The molecule has 1 aliphatic heterocycles. The maximum Gasteiger partial charge on any atom is 0.347 e. The van der Waals surface area contributed by atoms with Crippen LogP contribution < -0.4 is 4.74 Å². The Hall–Kier alpha value is -1.55. The molecule has 0 bridgehead atoms. The van der Waals surface area contributed by atoms with Crippen LogP contribution in [0.3, 0.4) is 0 Å². The van der Waals surface area contributed by atoms with Crippen molar-refractivity contribution in [1.29, 1.82) is 0 Å². The topological polar surface area (TPSA) is 55.8 Å². The Bertz CT molecular complexity index is 344. The molecule has 0 aromatic heterocycles. The molecular weight excluding hydrogens is 196 g/mol. The second-order valence-electron chi connectivity index (χ2n) is 3.36. The van der Waals surface area contributed by atoms with Gasteiger partial charge in [-0.05, 0) is 17.7 Å². The first-order chi connectivity index (χ1) is 7.29. The SMILES string of the molecule is O=C1OCCC1Oc1ccc(CO)cc1. The van der Waals surface area contributed by atoms with Crippen molar-refractivity contribution < 1.29 is 19.4 Å². The second kappa shape index (κ2) is 4.31. The first kappa shape index (κ1) is 9.98. The Morgan fingerprint density at radius 1 is 1.40 bits per heavy atom. The Morgan fingerprint density at radius 2 is 2.13 bits per heavy atom. The van der Waals surface area contributed by atoms with Gasteiger partial charge >= 0.3 is 5.97 Å². The zero-order chi connectivity index (χ0) is 10.7. The molecule has 2 rings (SSSR count). The predicted octanol–water partition coefficient (Wildman–Crippen LogP) is 0.873. The lowest BCUT2D eigenvalue weighted by Gasteiger charge is -2.09. The van der Waals surface area contributed by atoms with Gasteiger partial charge in [0.2, 0.25) is 0 Å². The Balaban J connectivity index is 2.01. The van der Waals surface area contributed by atoms with E-state index in [2.05, 4.69) is 0 Å². The quantitative estimate of drug-likeness (QED) is 0.749. The maximum atomic E-state index is 11.1. The first-order valence-corrected chi connectivity index (χ1v) is 4.82. The molecule has 1 atom stereocenters. The van der Waals surface area contributed by atoms with E-state index in [0.29, 0.717) is 18.8 Å². The molecular formula is C11H12O4. The molecule has 0 radical (unpaired) electrons. The largest absolute Gasteiger partial charge is 0.479 e. The molecule has 0 aliphatic carbocycles. The summed E-state index contributed by atoms with van der Waals surface area (Å²) in [5.41, 5.74) is 0.816. The van der Waals surface area contributed by atoms with E-state index in [1.165, 1.54) is 0 Å². The molecule has 0 amide bonds. The van der Waals surface area contributed by atoms with Crippen LogP contribution in [0.2, 0.25) is 0 Å². The van der Waals surface area contributed by atoms with Crippen molar-refractivity contribution in [3.05, 3.63) is 29.8 Å². The summed E-state index contributed by atoms with van der Waals surface area (Å²) in [6.07, 6.45) is 0.116. The number of benzene rings is 1. The van der Waals surface area contributed by atoms with Crippen molar-refractivity contribution in [3.63, 3.8) is 0 Å². The second-order valence-corrected chi connectivity index (χ2v) is 3.36. The molecule has 4 heteroatoms. The highest BCUT2D eigenvalue weighted by Crippen LogP contribution is 2.18. The van der Waals surface area contributed by atoms with Crippen LogP contribution in [0.5, 0.6) is 5.75 Å². The van der Waals surface area contributed by atoms with Crippen LogP contribution in [-0.4, -0.2) is 23.8 Å². The summed E-state index contributed by atoms with van der Waals surface area (Å²) in [5.74, 6) is 0.317. The van der Waals surface area contributed by atoms with E-state index >= 15 is 0 Å². The standard InChI is InChI=1S/C11H12O4/c12-7-8-1-3-9(4-2-8)15-10-5-6-14-11(10)13/h1-4,10,12H,5-7H2. The predicted molar refractivity (Wildman–Crippen MR) is 52.4 cm³/mol. The van der Waals surface area contributed by atoms with Crippen LogP contribution in [0.4, 0.5) is 0 Å². The smallest absolute Gasteiger partial charge is 0.347 e. The molecule has 1 aromatic rings. The van der Waals surface area contributed by atoms with Gasteiger partial charge in [-0.15, -0.1) is 0 Å². The molecule has 1 unspecified atom stereocenters. The van der Waals surface area contributed by atoms with E-state index in [9.17, 15) is 4.79 Å². The van der Waals surface area contributed by atoms with Crippen LogP contribution in [0.25, 0.3) is 0 Å². The third-order valence-electron chi connectivity index (χ3n) is 2.27. The average molecular weight is 208 g/mol. The van der Waals surface area contributed by atoms with Crippen molar-refractivity contribution >= 4 is 5.97 Å². The van der Waals surface area contributed by atoms with Gasteiger partial charge in [0, 0.05) is 6.42 Å². The molecule has 0 spiro atoms. The van der Waals surface area contributed by atoms with E-state index in [4.69, 9.17) is 14.6 Å². The average Bonchev–Trinajstić information content (AvgIpc) is 2.66.